The standard InChI is InChI=1S/C16H22N2O/c1-10-6-12(7-11(2)17-10)16(19)13-8-14-4-3-5-15(9-13)18-14/h6-7,13-15,18H,3-5,8-9H2,1-2H3. The average Bonchev–Trinajstić information content (AvgIpc) is 2.36. The molecule has 2 aliphatic heterocycles. The van der Waals surface area contributed by atoms with E-state index in [9.17, 15) is 4.79 Å². The summed E-state index contributed by atoms with van der Waals surface area (Å²) in [5.74, 6) is 0.532. The summed E-state index contributed by atoms with van der Waals surface area (Å²) in [6.07, 6.45) is 5.80. The summed E-state index contributed by atoms with van der Waals surface area (Å²) >= 11 is 0. The number of pyridine rings is 1. The molecule has 0 amide bonds. The van der Waals surface area contributed by atoms with Crippen LogP contribution in [0.1, 0.15) is 53.8 Å². The minimum atomic E-state index is 0.206. The highest BCUT2D eigenvalue weighted by atomic mass is 16.1. The van der Waals surface area contributed by atoms with Gasteiger partial charge in [0.2, 0.25) is 0 Å². The van der Waals surface area contributed by atoms with Crippen LogP contribution in [0.2, 0.25) is 0 Å². The number of aromatic nitrogens is 1. The van der Waals surface area contributed by atoms with E-state index in [0.29, 0.717) is 17.9 Å². The van der Waals surface area contributed by atoms with Gasteiger partial charge < -0.3 is 5.32 Å². The number of hydrogen-bond donors (Lipinski definition) is 1. The van der Waals surface area contributed by atoms with E-state index in [2.05, 4.69) is 10.3 Å². The van der Waals surface area contributed by atoms with Crippen molar-refractivity contribution in [1.82, 2.24) is 10.3 Å². The van der Waals surface area contributed by atoms with Crippen molar-refractivity contribution in [3.63, 3.8) is 0 Å². The first-order chi connectivity index (χ1) is 9.11. The maximum absolute atomic E-state index is 12.7. The Labute approximate surface area is 114 Å². The van der Waals surface area contributed by atoms with Gasteiger partial charge in [0.15, 0.2) is 5.78 Å². The molecule has 2 aliphatic rings. The van der Waals surface area contributed by atoms with Gasteiger partial charge in [-0.15, -0.1) is 0 Å². The Bertz CT molecular complexity index is 465. The number of ketones is 1. The maximum atomic E-state index is 12.7. The van der Waals surface area contributed by atoms with Gasteiger partial charge in [0, 0.05) is 35.0 Å². The van der Waals surface area contributed by atoms with Crippen LogP contribution in [0.5, 0.6) is 0 Å². The van der Waals surface area contributed by atoms with Crippen LogP contribution < -0.4 is 5.32 Å². The first-order valence-electron chi connectivity index (χ1n) is 7.37. The number of nitrogens with zero attached hydrogens (tertiary/aromatic N) is 1. The molecule has 1 N–H and O–H groups in total. The summed E-state index contributed by atoms with van der Waals surface area (Å²) in [5.41, 5.74) is 2.74. The number of aryl methyl sites for hydroxylation is 2. The Morgan fingerprint density at radius 1 is 1.16 bits per heavy atom. The number of hydrogen-bond acceptors (Lipinski definition) is 3. The first-order valence-corrected chi connectivity index (χ1v) is 7.37. The molecule has 3 nitrogen and oxygen atoms in total. The van der Waals surface area contributed by atoms with Crippen LogP contribution in [-0.2, 0) is 0 Å². The number of carbonyl (C=O) groups is 1. The van der Waals surface area contributed by atoms with Crippen LogP contribution >= 0.6 is 0 Å². The lowest BCUT2D eigenvalue weighted by atomic mass is 9.77. The van der Waals surface area contributed by atoms with Gasteiger partial charge in [-0.05, 0) is 51.7 Å². The van der Waals surface area contributed by atoms with E-state index in [4.69, 9.17) is 0 Å². The number of piperidine rings is 2. The molecule has 3 rings (SSSR count). The molecule has 2 unspecified atom stereocenters. The van der Waals surface area contributed by atoms with Crippen LogP contribution in [0.15, 0.2) is 12.1 Å². The summed E-state index contributed by atoms with van der Waals surface area (Å²) in [7, 11) is 0. The van der Waals surface area contributed by atoms with Gasteiger partial charge in [0.25, 0.3) is 0 Å². The molecule has 2 bridgehead atoms. The van der Waals surface area contributed by atoms with E-state index in [1.54, 1.807) is 0 Å². The third kappa shape index (κ3) is 2.71. The molecular formula is C16H22N2O. The third-order valence-corrected chi connectivity index (χ3v) is 4.45. The monoisotopic (exact) mass is 258 g/mol. The molecule has 2 saturated heterocycles. The van der Waals surface area contributed by atoms with E-state index in [1.165, 1.54) is 19.3 Å². The lowest BCUT2D eigenvalue weighted by Crippen LogP contribution is -2.50. The minimum absolute atomic E-state index is 0.206. The lowest BCUT2D eigenvalue weighted by Gasteiger charge is -2.39. The molecule has 1 aromatic rings. The zero-order valence-corrected chi connectivity index (χ0v) is 11.8. The summed E-state index contributed by atoms with van der Waals surface area (Å²) in [6, 6.07) is 5.00. The summed E-state index contributed by atoms with van der Waals surface area (Å²) in [6.45, 7) is 3.92. The van der Waals surface area contributed by atoms with E-state index >= 15 is 0 Å². The molecule has 0 radical (unpaired) electrons. The molecule has 1 aromatic heterocycles. The Hall–Kier alpha value is -1.22. The SMILES string of the molecule is Cc1cc(C(=O)C2CC3CCCC(C2)N3)cc(C)n1. The van der Waals surface area contributed by atoms with Gasteiger partial charge >= 0.3 is 0 Å². The quantitative estimate of drug-likeness (QED) is 0.829. The molecule has 0 spiro atoms. The van der Waals surface area contributed by atoms with Crippen molar-refractivity contribution in [3.8, 4) is 0 Å². The Morgan fingerprint density at radius 3 is 2.32 bits per heavy atom. The molecule has 3 heterocycles. The van der Waals surface area contributed by atoms with Crippen molar-refractivity contribution in [2.75, 3.05) is 0 Å². The Balaban J connectivity index is 1.79. The molecule has 3 heteroatoms. The smallest absolute Gasteiger partial charge is 0.166 e. The molecular weight excluding hydrogens is 236 g/mol. The predicted octanol–water partition coefficient (Wildman–Crippen LogP) is 2.80. The molecule has 0 aromatic carbocycles. The van der Waals surface area contributed by atoms with Gasteiger partial charge in [-0.25, -0.2) is 0 Å². The fraction of sp³-hybridized carbons (Fsp3) is 0.625. The van der Waals surface area contributed by atoms with Gasteiger partial charge in [-0.1, -0.05) is 6.42 Å². The number of rotatable bonds is 2. The molecule has 19 heavy (non-hydrogen) atoms. The number of carbonyl (C=O) groups excluding carboxylic acids is 1. The van der Waals surface area contributed by atoms with Crippen LogP contribution in [-0.4, -0.2) is 22.9 Å². The van der Waals surface area contributed by atoms with Gasteiger partial charge in [-0.2, -0.15) is 0 Å². The van der Waals surface area contributed by atoms with Crippen molar-refractivity contribution >= 4 is 5.78 Å². The van der Waals surface area contributed by atoms with E-state index in [1.807, 2.05) is 26.0 Å². The molecule has 0 saturated carbocycles. The topological polar surface area (TPSA) is 42.0 Å². The maximum Gasteiger partial charge on any atom is 0.166 e. The van der Waals surface area contributed by atoms with E-state index < -0.39 is 0 Å². The van der Waals surface area contributed by atoms with Gasteiger partial charge in [0.1, 0.15) is 0 Å². The highest BCUT2D eigenvalue weighted by Crippen LogP contribution is 2.31. The van der Waals surface area contributed by atoms with Crippen molar-refractivity contribution in [3.05, 3.63) is 29.1 Å². The predicted molar refractivity (Wildman–Crippen MR) is 75.3 cm³/mol. The van der Waals surface area contributed by atoms with Crippen LogP contribution in [0.4, 0.5) is 0 Å². The van der Waals surface area contributed by atoms with Crippen molar-refractivity contribution in [1.29, 1.82) is 0 Å². The van der Waals surface area contributed by atoms with Crippen LogP contribution in [0.3, 0.4) is 0 Å². The number of Topliss-reactive ketones (excluding diaryl/α,β-unsaturated/α-hetero) is 1. The molecule has 102 valence electrons. The fourth-order valence-corrected chi connectivity index (χ4v) is 3.69. The normalized spacial score (nSPS) is 30.1. The summed E-state index contributed by atoms with van der Waals surface area (Å²) in [5, 5.41) is 3.65. The highest BCUT2D eigenvalue weighted by Gasteiger charge is 2.34. The lowest BCUT2D eigenvalue weighted by molar-refractivity contribution is 0.0825. The molecule has 0 aliphatic carbocycles. The zero-order chi connectivity index (χ0) is 13.4. The third-order valence-electron chi connectivity index (χ3n) is 4.45. The van der Waals surface area contributed by atoms with Gasteiger partial charge in [-0.3, -0.25) is 9.78 Å². The Kier molecular flexibility index (Phi) is 3.40. The first kappa shape index (κ1) is 12.8. The van der Waals surface area contributed by atoms with Crippen LogP contribution in [0.25, 0.3) is 0 Å². The number of fused-ring (bicyclic) bond motifs is 2. The second-order valence-electron chi connectivity index (χ2n) is 6.16. The average molecular weight is 258 g/mol. The second kappa shape index (κ2) is 5.04. The molecule has 2 atom stereocenters. The van der Waals surface area contributed by atoms with Crippen molar-refractivity contribution in [2.24, 2.45) is 5.92 Å². The Morgan fingerprint density at radius 2 is 1.74 bits per heavy atom. The fourth-order valence-electron chi connectivity index (χ4n) is 3.69. The van der Waals surface area contributed by atoms with Crippen LogP contribution in [0, 0.1) is 19.8 Å². The largest absolute Gasteiger partial charge is 0.311 e. The minimum Gasteiger partial charge on any atom is -0.311 e. The highest BCUT2D eigenvalue weighted by molar-refractivity contribution is 5.98. The summed E-state index contributed by atoms with van der Waals surface area (Å²) < 4.78 is 0. The van der Waals surface area contributed by atoms with Crippen molar-refractivity contribution in [2.45, 2.75) is 58.0 Å². The summed E-state index contributed by atoms with van der Waals surface area (Å²) in [4.78, 5) is 17.0. The van der Waals surface area contributed by atoms with Crippen molar-refractivity contribution < 1.29 is 4.79 Å². The zero-order valence-electron chi connectivity index (χ0n) is 11.8. The van der Waals surface area contributed by atoms with E-state index in [-0.39, 0.29) is 5.92 Å². The van der Waals surface area contributed by atoms with Gasteiger partial charge in [0.05, 0.1) is 0 Å². The second-order valence-corrected chi connectivity index (χ2v) is 6.16. The molecule has 2 fully saturated rings. The number of nitrogens with one attached hydrogen (secondary N) is 1. The van der Waals surface area contributed by atoms with E-state index in [0.717, 1.165) is 29.8 Å².